The van der Waals surface area contributed by atoms with Gasteiger partial charge < -0.3 is 10.0 Å². The van der Waals surface area contributed by atoms with Crippen molar-refractivity contribution in [1.29, 1.82) is 0 Å². The Balaban J connectivity index is 1.52. The van der Waals surface area contributed by atoms with Gasteiger partial charge in [-0.15, -0.1) is 11.3 Å². The summed E-state index contributed by atoms with van der Waals surface area (Å²) in [5.41, 5.74) is 0. The number of hydrogen-bond donors (Lipinski definition) is 1. The van der Waals surface area contributed by atoms with Crippen molar-refractivity contribution in [2.24, 2.45) is 0 Å². The summed E-state index contributed by atoms with van der Waals surface area (Å²) in [7, 11) is 0. The molecule has 2 aliphatic rings. The molecule has 21 heavy (non-hydrogen) atoms. The second-order valence-corrected chi connectivity index (χ2v) is 7.05. The molecule has 0 unspecified atom stereocenters. The van der Waals surface area contributed by atoms with Crippen molar-refractivity contribution in [3.05, 3.63) is 16.1 Å². The van der Waals surface area contributed by atoms with E-state index < -0.39 is 0 Å². The van der Waals surface area contributed by atoms with E-state index in [1.807, 2.05) is 11.8 Å². The SMILES string of the molecule is CC[C@@H](O)CN1CCN(C(=O)c2cnc(C3CC3)s2)CC1. The van der Waals surface area contributed by atoms with Crippen LogP contribution in [-0.2, 0) is 0 Å². The molecule has 0 bridgehead atoms. The van der Waals surface area contributed by atoms with Gasteiger partial charge in [0, 0.05) is 38.6 Å². The lowest BCUT2D eigenvalue weighted by molar-refractivity contribution is 0.0527. The Labute approximate surface area is 129 Å². The number of aliphatic hydroxyl groups is 1. The van der Waals surface area contributed by atoms with Crippen LogP contribution in [0.15, 0.2) is 6.20 Å². The summed E-state index contributed by atoms with van der Waals surface area (Å²) in [5.74, 6) is 0.735. The first kappa shape index (κ1) is 14.9. The highest BCUT2D eigenvalue weighted by Gasteiger charge is 2.29. The van der Waals surface area contributed by atoms with Gasteiger partial charge in [-0.05, 0) is 19.3 Å². The lowest BCUT2D eigenvalue weighted by Gasteiger charge is -2.35. The van der Waals surface area contributed by atoms with Crippen LogP contribution in [0.25, 0.3) is 0 Å². The Morgan fingerprint density at radius 2 is 2.14 bits per heavy atom. The van der Waals surface area contributed by atoms with Crippen molar-refractivity contribution in [3.63, 3.8) is 0 Å². The molecule has 1 amide bonds. The van der Waals surface area contributed by atoms with E-state index in [2.05, 4.69) is 9.88 Å². The van der Waals surface area contributed by atoms with Gasteiger partial charge in [0.2, 0.25) is 0 Å². The standard InChI is InChI=1S/C15H23N3O2S/c1-2-12(19)10-17-5-7-18(8-6-17)15(20)13-9-16-14(21-13)11-3-4-11/h9,11-12,19H,2-8,10H2,1H3/t12-/m1/s1. The third kappa shape index (κ3) is 3.62. The molecule has 1 saturated carbocycles. The van der Waals surface area contributed by atoms with Gasteiger partial charge in [0.05, 0.1) is 17.3 Å². The van der Waals surface area contributed by atoms with Crippen molar-refractivity contribution < 1.29 is 9.90 Å². The van der Waals surface area contributed by atoms with Crippen LogP contribution in [0.3, 0.4) is 0 Å². The lowest BCUT2D eigenvalue weighted by Crippen LogP contribution is -2.50. The van der Waals surface area contributed by atoms with Gasteiger partial charge in [-0.1, -0.05) is 6.92 Å². The first-order chi connectivity index (χ1) is 10.2. The van der Waals surface area contributed by atoms with E-state index in [-0.39, 0.29) is 12.0 Å². The average molecular weight is 309 g/mol. The van der Waals surface area contributed by atoms with Gasteiger partial charge in [-0.25, -0.2) is 4.98 Å². The number of hydrogen-bond acceptors (Lipinski definition) is 5. The normalized spacial score (nSPS) is 21.5. The second kappa shape index (κ2) is 6.42. The lowest BCUT2D eigenvalue weighted by atomic mass is 10.2. The van der Waals surface area contributed by atoms with E-state index in [4.69, 9.17) is 0 Å². The fourth-order valence-corrected chi connectivity index (χ4v) is 3.68. The highest BCUT2D eigenvalue weighted by atomic mass is 32.1. The third-order valence-electron chi connectivity index (χ3n) is 4.26. The van der Waals surface area contributed by atoms with Gasteiger partial charge in [0.25, 0.3) is 5.91 Å². The fraction of sp³-hybridized carbons (Fsp3) is 0.733. The largest absolute Gasteiger partial charge is 0.392 e. The van der Waals surface area contributed by atoms with Gasteiger partial charge in [0.1, 0.15) is 4.88 Å². The molecule has 1 saturated heterocycles. The molecule has 1 aromatic heterocycles. The first-order valence-electron chi connectivity index (χ1n) is 7.82. The van der Waals surface area contributed by atoms with E-state index in [0.29, 0.717) is 12.5 Å². The molecule has 6 heteroatoms. The molecule has 5 nitrogen and oxygen atoms in total. The molecular weight excluding hydrogens is 286 g/mol. The van der Waals surface area contributed by atoms with Crippen LogP contribution in [0.5, 0.6) is 0 Å². The van der Waals surface area contributed by atoms with E-state index in [1.165, 1.54) is 12.8 Å². The monoisotopic (exact) mass is 309 g/mol. The second-order valence-electron chi connectivity index (χ2n) is 5.99. The maximum absolute atomic E-state index is 12.5. The van der Waals surface area contributed by atoms with Crippen LogP contribution < -0.4 is 0 Å². The summed E-state index contributed by atoms with van der Waals surface area (Å²) in [6.07, 6.45) is 4.71. The number of carbonyl (C=O) groups is 1. The predicted octanol–water partition coefficient (Wildman–Crippen LogP) is 1.55. The van der Waals surface area contributed by atoms with Crippen LogP contribution in [0.1, 0.15) is 46.8 Å². The first-order valence-corrected chi connectivity index (χ1v) is 8.64. The molecular formula is C15H23N3O2S. The summed E-state index contributed by atoms with van der Waals surface area (Å²) >= 11 is 1.56. The van der Waals surface area contributed by atoms with Gasteiger partial charge >= 0.3 is 0 Å². The molecule has 3 rings (SSSR count). The zero-order chi connectivity index (χ0) is 14.8. The fourth-order valence-electron chi connectivity index (χ4n) is 2.62. The Kier molecular flexibility index (Phi) is 4.57. The Morgan fingerprint density at radius 3 is 2.76 bits per heavy atom. The molecule has 116 valence electrons. The van der Waals surface area contributed by atoms with Crippen LogP contribution in [-0.4, -0.2) is 64.6 Å². The summed E-state index contributed by atoms with van der Waals surface area (Å²) in [5, 5.41) is 10.8. The number of piperazine rings is 1. The number of aliphatic hydroxyl groups excluding tert-OH is 1. The maximum Gasteiger partial charge on any atom is 0.265 e. The molecule has 1 aliphatic heterocycles. The van der Waals surface area contributed by atoms with Gasteiger partial charge in [-0.2, -0.15) is 0 Å². The summed E-state index contributed by atoms with van der Waals surface area (Å²) in [4.78, 5) is 21.8. The minimum Gasteiger partial charge on any atom is -0.392 e. The van der Waals surface area contributed by atoms with E-state index in [0.717, 1.165) is 42.5 Å². The number of carbonyl (C=O) groups excluding carboxylic acids is 1. The third-order valence-corrected chi connectivity index (χ3v) is 5.41. The smallest absolute Gasteiger partial charge is 0.265 e. The highest BCUT2D eigenvalue weighted by Crippen LogP contribution is 2.41. The van der Waals surface area contributed by atoms with Gasteiger partial charge in [-0.3, -0.25) is 9.69 Å². The summed E-state index contributed by atoms with van der Waals surface area (Å²) < 4.78 is 0. The number of β-amino-alcohol motifs (C(OH)–C–C–N with tert-alkyl or cyclic N) is 1. The topological polar surface area (TPSA) is 56.7 Å². The maximum atomic E-state index is 12.5. The summed E-state index contributed by atoms with van der Waals surface area (Å²) in [6.45, 7) is 5.88. The van der Waals surface area contributed by atoms with Crippen LogP contribution in [0, 0.1) is 0 Å². The molecule has 0 radical (unpaired) electrons. The minimum absolute atomic E-state index is 0.120. The average Bonchev–Trinajstić information content (AvgIpc) is 3.24. The number of thiazole rings is 1. The highest BCUT2D eigenvalue weighted by molar-refractivity contribution is 7.13. The van der Waals surface area contributed by atoms with E-state index in [9.17, 15) is 9.90 Å². The van der Waals surface area contributed by atoms with Crippen LogP contribution in [0.2, 0.25) is 0 Å². The quantitative estimate of drug-likeness (QED) is 0.896. The zero-order valence-corrected chi connectivity index (χ0v) is 13.3. The van der Waals surface area contributed by atoms with Crippen LogP contribution in [0.4, 0.5) is 0 Å². The van der Waals surface area contributed by atoms with Crippen molar-refractivity contribution in [1.82, 2.24) is 14.8 Å². The molecule has 0 aromatic carbocycles. The molecule has 1 atom stereocenters. The number of aromatic nitrogens is 1. The van der Waals surface area contributed by atoms with Crippen LogP contribution >= 0.6 is 11.3 Å². The number of nitrogens with zero attached hydrogens (tertiary/aromatic N) is 3. The number of rotatable bonds is 5. The molecule has 2 heterocycles. The van der Waals surface area contributed by atoms with Crippen molar-refractivity contribution in [3.8, 4) is 0 Å². The molecule has 1 N–H and O–H groups in total. The Morgan fingerprint density at radius 1 is 1.43 bits per heavy atom. The van der Waals surface area contributed by atoms with E-state index >= 15 is 0 Å². The molecule has 2 fully saturated rings. The van der Waals surface area contributed by atoms with Crippen molar-refractivity contribution >= 4 is 17.2 Å². The molecule has 0 spiro atoms. The zero-order valence-electron chi connectivity index (χ0n) is 12.5. The van der Waals surface area contributed by atoms with E-state index in [1.54, 1.807) is 17.5 Å². The van der Waals surface area contributed by atoms with Crippen molar-refractivity contribution in [2.75, 3.05) is 32.7 Å². The van der Waals surface area contributed by atoms with Crippen molar-refractivity contribution in [2.45, 2.75) is 38.2 Å². The Bertz CT molecular complexity index is 493. The summed E-state index contributed by atoms with van der Waals surface area (Å²) in [6, 6.07) is 0. The predicted molar refractivity (Wildman–Crippen MR) is 82.7 cm³/mol. The minimum atomic E-state index is -0.255. The molecule has 1 aromatic rings. The Hall–Kier alpha value is -0.980. The molecule has 1 aliphatic carbocycles. The number of amides is 1. The van der Waals surface area contributed by atoms with Gasteiger partial charge in [0.15, 0.2) is 0 Å².